The monoisotopic (exact) mass is 314 g/mol. The Kier molecular flexibility index (Phi) is 4.10. The highest BCUT2D eigenvalue weighted by Crippen LogP contribution is 2.33. The molecule has 0 bridgehead atoms. The van der Waals surface area contributed by atoms with Gasteiger partial charge < -0.3 is 0 Å². The molecular formula is C13H16BrClN2. The number of hydrogen-bond donors (Lipinski definition) is 0. The SMILES string of the molecule is CC(C)Cn1cc(C2=CC=C(Br)CC2Cl)cn1. The molecule has 1 aromatic rings. The summed E-state index contributed by atoms with van der Waals surface area (Å²) in [6, 6.07) is 0. The molecule has 92 valence electrons. The second-order valence-corrected chi connectivity index (χ2v) is 6.30. The minimum Gasteiger partial charge on any atom is -0.272 e. The Balaban J connectivity index is 2.20. The van der Waals surface area contributed by atoms with Gasteiger partial charge in [-0.1, -0.05) is 41.9 Å². The van der Waals surface area contributed by atoms with Crippen molar-refractivity contribution in [3.05, 3.63) is 34.6 Å². The van der Waals surface area contributed by atoms with Gasteiger partial charge in [-0.25, -0.2) is 0 Å². The standard InChI is InChI=1S/C13H16BrClN2/c1-9(2)7-17-8-10(6-16-17)12-4-3-11(14)5-13(12)15/h3-4,6,8-9,13H,5,7H2,1-2H3. The van der Waals surface area contributed by atoms with E-state index in [-0.39, 0.29) is 5.38 Å². The first-order valence-corrected chi connectivity index (χ1v) is 7.02. The first kappa shape index (κ1) is 12.9. The third-order valence-corrected chi connectivity index (χ3v) is 3.65. The van der Waals surface area contributed by atoms with Gasteiger partial charge in [0.25, 0.3) is 0 Å². The third-order valence-electron chi connectivity index (χ3n) is 2.67. The lowest BCUT2D eigenvalue weighted by atomic mass is 10.00. The highest BCUT2D eigenvalue weighted by Gasteiger charge is 2.18. The van der Waals surface area contributed by atoms with Crippen molar-refractivity contribution >= 4 is 33.1 Å². The van der Waals surface area contributed by atoms with Crippen LogP contribution in [0, 0.1) is 5.92 Å². The Bertz CT molecular complexity index is 460. The van der Waals surface area contributed by atoms with E-state index in [1.165, 1.54) is 0 Å². The summed E-state index contributed by atoms with van der Waals surface area (Å²) < 4.78 is 3.13. The molecule has 0 radical (unpaired) electrons. The van der Waals surface area contributed by atoms with Crippen LogP contribution < -0.4 is 0 Å². The number of aromatic nitrogens is 2. The van der Waals surface area contributed by atoms with Gasteiger partial charge in [-0.3, -0.25) is 4.68 Å². The number of hydrogen-bond acceptors (Lipinski definition) is 1. The van der Waals surface area contributed by atoms with Crippen molar-refractivity contribution in [3.63, 3.8) is 0 Å². The summed E-state index contributed by atoms with van der Waals surface area (Å²) in [6.07, 6.45) is 8.96. The number of allylic oxidation sites excluding steroid dienone is 4. The number of alkyl halides is 1. The first-order chi connectivity index (χ1) is 8.06. The maximum absolute atomic E-state index is 6.35. The van der Waals surface area contributed by atoms with Crippen LogP contribution in [-0.2, 0) is 6.54 Å². The molecule has 0 spiro atoms. The Hall–Kier alpha value is -0.540. The quantitative estimate of drug-likeness (QED) is 0.764. The molecular weight excluding hydrogens is 300 g/mol. The fourth-order valence-corrected chi connectivity index (χ4v) is 2.90. The van der Waals surface area contributed by atoms with Crippen LogP contribution in [0.3, 0.4) is 0 Å². The third kappa shape index (κ3) is 3.23. The predicted molar refractivity (Wildman–Crippen MR) is 76.3 cm³/mol. The summed E-state index contributed by atoms with van der Waals surface area (Å²) in [6.45, 7) is 5.32. The number of halogens is 2. The van der Waals surface area contributed by atoms with Crippen molar-refractivity contribution in [2.24, 2.45) is 5.92 Å². The average Bonchev–Trinajstić information content (AvgIpc) is 2.65. The topological polar surface area (TPSA) is 17.8 Å². The van der Waals surface area contributed by atoms with Gasteiger partial charge in [-0.2, -0.15) is 5.10 Å². The van der Waals surface area contributed by atoms with Gasteiger partial charge in [0.1, 0.15) is 0 Å². The van der Waals surface area contributed by atoms with Gasteiger partial charge in [0, 0.05) is 18.3 Å². The second kappa shape index (κ2) is 5.40. The minimum atomic E-state index is 0.0334. The molecule has 0 aromatic carbocycles. The van der Waals surface area contributed by atoms with Gasteiger partial charge in [0.2, 0.25) is 0 Å². The van der Waals surface area contributed by atoms with E-state index in [1.807, 2.05) is 10.9 Å². The molecule has 4 heteroatoms. The average molecular weight is 316 g/mol. The Labute approximate surface area is 115 Å². The minimum absolute atomic E-state index is 0.0334. The molecule has 17 heavy (non-hydrogen) atoms. The van der Waals surface area contributed by atoms with Gasteiger partial charge in [0.15, 0.2) is 0 Å². The predicted octanol–water partition coefficient (Wildman–Crippen LogP) is 4.21. The molecule has 1 atom stereocenters. The zero-order valence-electron chi connectivity index (χ0n) is 10.0. The lowest BCUT2D eigenvalue weighted by Gasteiger charge is -2.16. The fourth-order valence-electron chi connectivity index (χ4n) is 1.90. The van der Waals surface area contributed by atoms with E-state index >= 15 is 0 Å². The largest absolute Gasteiger partial charge is 0.272 e. The molecule has 1 heterocycles. The van der Waals surface area contributed by atoms with E-state index in [1.54, 1.807) is 0 Å². The summed E-state index contributed by atoms with van der Waals surface area (Å²) in [5.74, 6) is 0.601. The van der Waals surface area contributed by atoms with Crippen molar-refractivity contribution in [3.8, 4) is 0 Å². The van der Waals surface area contributed by atoms with Crippen LogP contribution in [0.15, 0.2) is 29.0 Å². The molecule has 0 N–H and O–H groups in total. The molecule has 2 nitrogen and oxygen atoms in total. The van der Waals surface area contributed by atoms with Crippen LogP contribution in [0.5, 0.6) is 0 Å². The Morgan fingerprint density at radius 3 is 2.94 bits per heavy atom. The Morgan fingerprint density at radius 2 is 2.29 bits per heavy atom. The van der Waals surface area contributed by atoms with Crippen molar-refractivity contribution in [2.45, 2.75) is 32.2 Å². The van der Waals surface area contributed by atoms with Crippen molar-refractivity contribution in [2.75, 3.05) is 0 Å². The zero-order chi connectivity index (χ0) is 12.4. The molecule has 1 aliphatic rings. The van der Waals surface area contributed by atoms with E-state index < -0.39 is 0 Å². The fraction of sp³-hybridized carbons (Fsp3) is 0.462. The van der Waals surface area contributed by atoms with Gasteiger partial charge in [-0.15, -0.1) is 11.6 Å². The van der Waals surface area contributed by atoms with Gasteiger partial charge in [-0.05, 0) is 22.4 Å². The summed E-state index contributed by atoms with van der Waals surface area (Å²) in [5, 5.41) is 4.40. The molecule has 1 unspecified atom stereocenters. The molecule has 1 aliphatic carbocycles. The number of nitrogens with zero attached hydrogens (tertiary/aromatic N) is 2. The maximum atomic E-state index is 6.35. The highest BCUT2D eigenvalue weighted by molar-refractivity contribution is 9.11. The Morgan fingerprint density at radius 1 is 1.53 bits per heavy atom. The van der Waals surface area contributed by atoms with Crippen molar-refractivity contribution in [1.29, 1.82) is 0 Å². The van der Waals surface area contributed by atoms with Crippen molar-refractivity contribution < 1.29 is 0 Å². The van der Waals surface area contributed by atoms with Crippen molar-refractivity contribution in [1.82, 2.24) is 9.78 Å². The van der Waals surface area contributed by atoms with Crippen LogP contribution in [-0.4, -0.2) is 15.2 Å². The zero-order valence-corrected chi connectivity index (χ0v) is 12.4. The first-order valence-electron chi connectivity index (χ1n) is 5.79. The van der Waals surface area contributed by atoms with E-state index in [0.29, 0.717) is 5.92 Å². The van der Waals surface area contributed by atoms with Crippen LogP contribution in [0.25, 0.3) is 5.57 Å². The molecule has 0 saturated carbocycles. The lowest BCUT2D eigenvalue weighted by Crippen LogP contribution is -2.06. The van der Waals surface area contributed by atoms with Crippen LogP contribution in [0.1, 0.15) is 25.8 Å². The summed E-state index contributed by atoms with van der Waals surface area (Å²) in [5.41, 5.74) is 2.28. The molecule has 0 fully saturated rings. The smallest absolute Gasteiger partial charge is 0.0637 e. The molecule has 0 amide bonds. The van der Waals surface area contributed by atoms with Crippen LogP contribution in [0.2, 0.25) is 0 Å². The summed E-state index contributed by atoms with van der Waals surface area (Å²) in [4.78, 5) is 0. The van der Waals surface area contributed by atoms with E-state index in [0.717, 1.165) is 28.6 Å². The molecule has 0 aliphatic heterocycles. The normalized spacial score (nSPS) is 20.4. The van der Waals surface area contributed by atoms with Crippen LogP contribution in [0.4, 0.5) is 0 Å². The highest BCUT2D eigenvalue weighted by atomic mass is 79.9. The van der Waals surface area contributed by atoms with Gasteiger partial charge >= 0.3 is 0 Å². The molecule has 1 aromatic heterocycles. The summed E-state index contributed by atoms with van der Waals surface area (Å²) in [7, 11) is 0. The maximum Gasteiger partial charge on any atom is 0.0637 e. The molecule has 0 saturated heterocycles. The van der Waals surface area contributed by atoms with Crippen LogP contribution >= 0.6 is 27.5 Å². The number of rotatable bonds is 3. The lowest BCUT2D eigenvalue weighted by molar-refractivity contribution is 0.483. The van der Waals surface area contributed by atoms with E-state index in [4.69, 9.17) is 11.6 Å². The summed E-state index contributed by atoms with van der Waals surface area (Å²) >= 11 is 9.83. The second-order valence-electron chi connectivity index (χ2n) is 4.75. The van der Waals surface area contributed by atoms with E-state index in [2.05, 4.69) is 53.2 Å². The molecule has 2 rings (SSSR count). The van der Waals surface area contributed by atoms with Gasteiger partial charge in [0.05, 0.1) is 11.6 Å². The van der Waals surface area contributed by atoms with E-state index in [9.17, 15) is 0 Å².